The zero-order valence-electron chi connectivity index (χ0n) is 31.1. The van der Waals surface area contributed by atoms with E-state index in [0.717, 1.165) is 43.9 Å². The van der Waals surface area contributed by atoms with E-state index in [-0.39, 0.29) is 31.4 Å². The molecular formula is C40H70N2O5. The van der Waals surface area contributed by atoms with E-state index in [1.54, 1.807) is 0 Å². The highest BCUT2D eigenvalue weighted by Crippen LogP contribution is 2.87. The molecule has 12 atom stereocenters. The van der Waals surface area contributed by atoms with Crippen LogP contribution in [0.25, 0.3) is 0 Å². The number of likely N-dealkylation sites (tertiary alicyclic amines) is 1. The zero-order chi connectivity index (χ0) is 33.1. The highest BCUT2D eigenvalue weighted by Gasteiger charge is 2.80. The molecule has 1 N–H and O–H groups in total. The number of hydrogen-bond donors (Lipinski definition) is 1. The van der Waals surface area contributed by atoms with Gasteiger partial charge in [0, 0.05) is 46.3 Å². The molecule has 0 aromatic carbocycles. The van der Waals surface area contributed by atoms with Crippen LogP contribution in [0.15, 0.2) is 0 Å². The molecule has 270 valence electrons. The zero-order valence-corrected chi connectivity index (χ0v) is 31.1. The fourth-order valence-electron chi connectivity index (χ4n) is 14.0. The first-order chi connectivity index (χ1) is 22.2. The molecule has 3 heterocycles. The van der Waals surface area contributed by atoms with Crippen LogP contribution in [-0.2, 0) is 18.9 Å². The fourth-order valence-corrected chi connectivity index (χ4v) is 14.0. The van der Waals surface area contributed by atoms with Gasteiger partial charge in [-0.05, 0) is 144 Å². The summed E-state index contributed by atoms with van der Waals surface area (Å²) < 4.78 is 26.4. The van der Waals surface area contributed by atoms with Crippen molar-refractivity contribution in [1.82, 2.24) is 9.80 Å². The maximum atomic E-state index is 11.0. The molecule has 5 aliphatic carbocycles. The van der Waals surface area contributed by atoms with E-state index in [9.17, 15) is 5.11 Å². The lowest BCUT2D eigenvalue weighted by molar-refractivity contribution is -0.250. The standard InChI is InChI=1S/C40H68N2O5.H2/c1-9-44-35(37(6,7)43)30-12-10-28-31(46-30)20-29-27-11-13-32-36(4,5)33(14-15-40(32)24-39(27,40)17-16-38(28,29)8)47-34-23-41(18-19-45-34)26-21-42(22-26)25(2)3;/h25-35,43H,9-24H2,1-8H3;1H/t27?,28?,29?,30?,31?,32?,33?,34?,35-,38?,39-,40?;/m0./s1. The smallest absolute Gasteiger partial charge is 0.170 e. The Kier molecular flexibility index (Phi) is 8.36. The van der Waals surface area contributed by atoms with Gasteiger partial charge >= 0.3 is 0 Å². The van der Waals surface area contributed by atoms with Gasteiger partial charge in [0.25, 0.3) is 0 Å². The van der Waals surface area contributed by atoms with Crippen molar-refractivity contribution in [3.8, 4) is 0 Å². The van der Waals surface area contributed by atoms with Gasteiger partial charge in [-0.2, -0.15) is 0 Å². The molecule has 7 nitrogen and oxygen atoms in total. The summed E-state index contributed by atoms with van der Waals surface area (Å²) >= 11 is 0. The van der Waals surface area contributed by atoms with E-state index >= 15 is 0 Å². The fraction of sp³-hybridized carbons (Fsp3) is 1.00. The van der Waals surface area contributed by atoms with Gasteiger partial charge in [-0.25, -0.2) is 0 Å². The van der Waals surface area contributed by atoms with Crippen molar-refractivity contribution >= 4 is 0 Å². The molecule has 0 aromatic heterocycles. The number of morpholine rings is 1. The number of ether oxygens (including phenoxy) is 4. The Morgan fingerprint density at radius 3 is 2.43 bits per heavy atom. The Hall–Kier alpha value is -0.280. The van der Waals surface area contributed by atoms with Crippen LogP contribution in [0.5, 0.6) is 0 Å². The van der Waals surface area contributed by atoms with Gasteiger partial charge < -0.3 is 24.1 Å². The predicted octanol–water partition coefficient (Wildman–Crippen LogP) is 6.75. The third-order valence-electron chi connectivity index (χ3n) is 16.5. The van der Waals surface area contributed by atoms with E-state index < -0.39 is 5.60 Å². The quantitative estimate of drug-likeness (QED) is 0.310. The monoisotopic (exact) mass is 659 g/mol. The molecule has 8 rings (SSSR count). The molecular weight excluding hydrogens is 588 g/mol. The van der Waals surface area contributed by atoms with Crippen LogP contribution in [0.1, 0.15) is 121 Å². The van der Waals surface area contributed by atoms with Crippen LogP contribution < -0.4 is 0 Å². The first-order valence-corrected chi connectivity index (χ1v) is 20.0. The van der Waals surface area contributed by atoms with Crippen LogP contribution in [0.2, 0.25) is 0 Å². The van der Waals surface area contributed by atoms with Crippen molar-refractivity contribution in [3.05, 3.63) is 0 Å². The first kappa shape index (κ1) is 33.8. The van der Waals surface area contributed by atoms with Crippen molar-refractivity contribution in [2.75, 3.05) is 39.4 Å². The molecule has 10 unspecified atom stereocenters. The lowest BCUT2D eigenvalue weighted by atomic mass is 9.46. The average molecular weight is 659 g/mol. The van der Waals surface area contributed by atoms with Crippen LogP contribution in [0.4, 0.5) is 0 Å². The van der Waals surface area contributed by atoms with Gasteiger partial charge in [0.2, 0.25) is 0 Å². The molecule has 8 fully saturated rings. The van der Waals surface area contributed by atoms with E-state index in [4.69, 9.17) is 18.9 Å². The third-order valence-corrected chi connectivity index (χ3v) is 16.5. The molecule has 47 heavy (non-hydrogen) atoms. The van der Waals surface area contributed by atoms with Crippen molar-refractivity contribution in [2.45, 2.75) is 168 Å². The summed E-state index contributed by atoms with van der Waals surface area (Å²) in [5.74, 6) is 3.03. The second-order valence-corrected chi connectivity index (χ2v) is 19.5. The summed E-state index contributed by atoms with van der Waals surface area (Å²) in [6, 6.07) is 1.31. The second-order valence-electron chi connectivity index (χ2n) is 19.5. The molecule has 0 aromatic rings. The van der Waals surface area contributed by atoms with Crippen LogP contribution >= 0.6 is 0 Å². The number of hydrogen-bond acceptors (Lipinski definition) is 7. The second kappa shape index (κ2) is 11.6. The Morgan fingerprint density at radius 1 is 0.936 bits per heavy atom. The largest absolute Gasteiger partial charge is 0.388 e. The lowest BCUT2D eigenvalue weighted by Gasteiger charge is -2.60. The van der Waals surface area contributed by atoms with Gasteiger partial charge in [0.05, 0.1) is 30.5 Å². The minimum absolute atomic E-state index is 0. The van der Waals surface area contributed by atoms with E-state index in [1.807, 2.05) is 20.8 Å². The predicted molar refractivity (Wildman–Crippen MR) is 186 cm³/mol. The molecule has 0 bridgehead atoms. The molecule has 3 aliphatic heterocycles. The lowest BCUT2D eigenvalue weighted by Crippen LogP contribution is -2.64. The van der Waals surface area contributed by atoms with Gasteiger partial charge in [0.15, 0.2) is 6.29 Å². The minimum Gasteiger partial charge on any atom is -0.388 e. The van der Waals surface area contributed by atoms with Crippen molar-refractivity contribution in [1.29, 1.82) is 0 Å². The molecule has 0 amide bonds. The Morgan fingerprint density at radius 2 is 1.70 bits per heavy atom. The van der Waals surface area contributed by atoms with E-state index in [1.165, 1.54) is 70.9 Å². The topological polar surface area (TPSA) is 63.6 Å². The number of nitrogens with zero attached hydrogens (tertiary/aromatic N) is 2. The first-order valence-electron chi connectivity index (χ1n) is 20.0. The molecule has 7 heteroatoms. The summed E-state index contributed by atoms with van der Waals surface area (Å²) in [5, 5.41) is 11.0. The molecule has 0 radical (unpaired) electrons. The Labute approximate surface area is 287 Å². The minimum atomic E-state index is -0.893. The summed E-state index contributed by atoms with van der Waals surface area (Å²) in [6.45, 7) is 24.0. The molecule has 8 aliphatic rings. The molecule has 5 saturated carbocycles. The van der Waals surface area contributed by atoms with E-state index in [2.05, 4.69) is 44.4 Å². The summed E-state index contributed by atoms with van der Waals surface area (Å²) in [6.07, 6.45) is 13.3. The van der Waals surface area contributed by atoms with Gasteiger partial charge in [0.1, 0.15) is 6.10 Å². The molecule has 2 spiro atoms. The third kappa shape index (κ3) is 5.11. The van der Waals surface area contributed by atoms with Crippen molar-refractivity contribution in [2.24, 2.45) is 45.3 Å². The average Bonchev–Trinajstić information content (AvgIpc) is 3.56. The Bertz CT molecular complexity index is 1170. The Balaban J connectivity index is 0.00000364. The van der Waals surface area contributed by atoms with Crippen LogP contribution in [-0.4, -0.2) is 103 Å². The highest BCUT2D eigenvalue weighted by atomic mass is 16.7. The highest BCUT2D eigenvalue weighted by molar-refractivity contribution is 5.29. The van der Waals surface area contributed by atoms with Crippen molar-refractivity contribution < 1.29 is 25.5 Å². The van der Waals surface area contributed by atoms with Gasteiger partial charge in [-0.3, -0.25) is 9.80 Å². The van der Waals surface area contributed by atoms with E-state index in [0.29, 0.717) is 47.0 Å². The van der Waals surface area contributed by atoms with Crippen LogP contribution in [0.3, 0.4) is 0 Å². The van der Waals surface area contributed by atoms with Crippen molar-refractivity contribution in [3.63, 3.8) is 0 Å². The summed E-state index contributed by atoms with van der Waals surface area (Å²) in [5.41, 5.74) is 0.737. The maximum absolute atomic E-state index is 11.0. The summed E-state index contributed by atoms with van der Waals surface area (Å²) in [4.78, 5) is 5.23. The normalized spacial score (nSPS) is 48.9. The maximum Gasteiger partial charge on any atom is 0.170 e. The number of rotatable bonds is 8. The molecule has 3 saturated heterocycles. The number of fused-ring (bicyclic) bond motifs is 4. The van der Waals surface area contributed by atoms with Crippen LogP contribution in [0, 0.1) is 45.3 Å². The van der Waals surface area contributed by atoms with Gasteiger partial charge in [-0.15, -0.1) is 0 Å². The summed E-state index contributed by atoms with van der Waals surface area (Å²) in [7, 11) is 0. The van der Waals surface area contributed by atoms with Gasteiger partial charge in [-0.1, -0.05) is 20.8 Å². The SMILES string of the molecule is CCO[C@@H](C1CCC2C(CC3C4CCC5C(C)(C)C(OC6CN(C7CN(C(C)C)C7)CCO6)CCC56C[C@@]46CCC23C)O1)C(C)(C)O.[HH]. The number of aliphatic hydroxyl groups is 1.